The zero-order valence-corrected chi connectivity index (χ0v) is 12.3. The van der Waals surface area contributed by atoms with E-state index in [0.29, 0.717) is 18.3 Å². The van der Waals surface area contributed by atoms with Crippen LogP contribution in [0.1, 0.15) is 52.4 Å². The van der Waals surface area contributed by atoms with Crippen LogP contribution in [-0.4, -0.2) is 30.6 Å². The monoisotopic (exact) mass is 274 g/mol. The van der Waals surface area contributed by atoms with Crippen molar-refractivity contribution in [3.8, 4) is 0 Å². The van der Waals surface area contributed by atoms with Crippen molar-refractivity contribution in [3.63, 3.8) is 0 Å². The van der Waals surface area contributed by atoms with E-state index in [1.54, 1.807) is 0 Å². The standard InChI is InChI=1S/C14H26O3S/c1-10-7-11(2)9-12(8-10)14(15)13-5-3-4-6-18(13,16)17/h10-15H,3-9H2,1-2H3. The minimum absolute atomic E-state index is 0.182. The Hall–Kier alpha value is -0.0900. The molecule has 1 aliphatic heterocycles. The summed E-state index contributed by atoms with van der Waals surface area (Å²) in [6.45, 7) is 4.43. The van der Waals surface area contributed by atoms with Crippen molar-refractivity contribution in [3.05, 3.63) is 0 Å². The Kier molecular flexibility index (Phi) is 4.37. The molecule has 1 N–H and O–H groups in total. The zero-order chi connectivity index (χ0) is 13.3. The second-order valence-corrected chi connectivity index (χ2v) is 8.91. The predicted octanol–water partition coefficient (Wildman–Crippen LogP) is 2.39. The Morgan fingerprint density at radius 2 is 1.67 bits per heavy atom. The van der Waals surface area contributed by atoms with Crippen LogP contribution in [-0.2, 0) is 9.84 Å². The predicted molar refractivity (Wildman–Crippen MR) is 73.1 cm³/mol. The van der Waals surface area contributed by atoms with Crippen molar-refractivity contribution < 1.29 is 13.5 Å². The van der Waals surface area contributed by atoms with Crippen molar-refractivity contribution in [1.82, 2.24) is 0 Å². The maximum absolute atomic E-state index is 12.1. The molecule has 0 aromatic rings. The van der Waals surface area contributed by atoms with Crippen molar-refractivity contribution in [2.75, 3.05) is 5.75 Å². The van der Waals surface area contributed by atoms with Crippen molar-refractivity contribution in [1.29, 1.82) is 0 Å². The Morgan fingerprint density at radius 3 is 2.22 bits per heavy atom. The summed E-state index contributed by atoms with van der Waals surface area (Å²) in [7, 11) is -3.06. The number of hydrogen-bond donors (Lipinski definition) is 1. The van der Waals surface area contributed by atoms with Gasteiger partial charge in [-0.05, 0) is 49.9 Å². The highest BCUT2D eigenvalue weighted by atomic mass is 32.2. The van der Waals surface area contributed by atoms with Gasteiger partial charge in [-0.15, -0.1) is 0 Å². The lowest BCUT2D eigenvalue weighted by atomic mass is 9.73. The summed E-state index contributed by atoms with van der Waals surface area (Å²) in [6.07, 6.45) is 4.90. The highest BCUT2D eigenvalue weighted by Gasteiger charge is 2.40. The molecular formula is C14H26O3S. The van der Waals surface area contributed by atoms with Crippen LogP contribution in [0.5, 0.6) is 0 Å². The molecule has 1 saturated carbocycles. The first kappa shape index (κ1) is 14.3. The highest BCUT2D eigenvalue weighted by Crippen LogP contribution is 2.38. The van der Waals surface area contributed by atoms with E-state index in [1.807, 2.05) is 0 Å². The summed E-state index contributed by atoms with van der Waals surface area (Å²) < 4.78 is 24.1. The third kappa shape index (κ3) is 3.08. The molecule has 0 amide bonds. The largest absolute Gasteiger partial charge is 0.391 e. The highest BCUT2D eigenvalue weighted by molar-refractivity contribution is 7.92. The van der Waals surface area contributed by atoms with Gasteiger partial charge in [0.15, 0.2) is 9.84 Å². The first-order valence-corrected chi connectivity index (χ1v) is 9.01. The van der Waals surface area contributed by atoms with Crippen molar-refractivity contribution in [2.45, 2.75) is 63.7 Å². The summed E-state index contributed by atoms with van der Waals surface area (Å²) >= 11 is 0. The van der Waals surface area contributed by atoms with Crippen LogP contribution < -0.4 is 0 Å². The fourth-order valence-electron chi connectivity index (χ4n) is 3.95. The van der Waals surface area contributed by atoms with E-state index in [1.165, 1.54) is 6.42 Å². The molecule has 0 radical (unpaired) electrons. The molecule has 0 bridgehead atoms. The van der Waals surface area contributed by atoms with E-state index in [9.17, 15) is 13.5 Å². The topological polar surface area (TPSA) is 54.4 Å². The molecule has 1 aliphatic carbocycles. The molecule has 4 unspecified atom stereocenters. The fourth-order valence-corrected chi connectivity index (χ4v) is 6.04. The fraction of sp³-hybridized carbons (Fsp3) is 1.00. The molecule has 1 saturated heterocycles. The van der Waals surface area contributed by atoms with Crippen LogP contribution in [0, 0.1) is 17.8 Å². The summed E-state index contributed by atoms with van der Waals surface area (Å²) in [5, 5.41) is 10.00. The smallest absolute Gasteiger partial charge is 0.155 e. The number of sulfone groups is 1. The first-order valence-electron chi connectivity index (χ1n) is 7.30. The minimum atomic E-state index is -3.06. The minimum Gasteiger partial charge on any atom is -0.391 e. The van der Waals surface area contributed by atoms with Gasteiger partial charge in [0.2, 0.25) is 0 Å². The number of aliphatic hydroxyl groups excluding tert-OH is 1. The SMILES string of the molecule is CC1CC(C)CC(C(O)C2CCCCS2(=O)=O)C1. The third-order valence-corrected chi connectivity index (χ3v) is 7.00. The third-order valence-electron chi connectivity index (χ3n) is 4.71. The van der Waals surface area contributed by atoms with Crippen LogP contribution in [0.3, 0.4) is 0 Å². The lowest BCUT2D eigenvalue weighted by Crippen LogP contribution is -2.44. The van der Waals surface area contributed by atoms with E-state index in [0.717, 1.165) is 25.7 Å². The van der Waals surface area contributed by atoms with Gasteiger partial charge in [-0.2, -0.15) is 0 Å². The first-order chi connectivity index (χ1) is 8.40. The molecule has 0 aromatic carbocycles. The molecular weight excluding hydrogens is 248 g/mol. The average molecular weight is 274 g/mol. The van der Waals surface area contributed by atoms with Crippen LogP contribution >= 0.6 is 0 Å². The molecule has 3 nitrogen and oxygen atoms in total. The van der Waals surface area contributed by atoms with Crippen LogP contribution in [0.2, 0.25) is 0 Å². The molecule has 2 fully saturated rings. The molecule has 2 aliphatic rings. The maximum Gasteiger partial charge on any atom is 0.155 e. The van der Waals surface area contributed by atoms with E-state index in [2.05, 4.69) is 13.8 Å². The number of aliphatic hydroxyl groups is 1. The number of rotatable bonds is 2. The van der Waals surface area contributed by atoms with Gasteiger partial charge >= 0.3 is 0 Å². The van der Waals surface area contributed by atoms with Crippen LogP contribution in [0.25, 0.3) is 0 Å². The van der Waals surface area contributed by atoms with Gasteiger partial charge in [0.05, 0.1) is 17.1 Å². The second-order valence-electron chi connectivity index (χ2n) is 6.57. The van der Waals surface area contributed by atoms with Crippen molar-refractivity contribution in [2.24, 2.45) is 17.8 Å². The molecule has 4 atom stereocenters. The summed E-state index contributed by atoms with van der Waals surface area (Å²) in [4.78, 5) is 0. The quantitative estimate of drug-likeness (QED) is 0.841. The normalized spacial score (nSPS) is 42.4. The summed E-state index contributed by atoms with van der Waals surface area (Å²) in [6, 6.07) is 0. The summed E-state index contributed by atoms with van der Waals surface area (Å²) in [5.74, 6) is 1.67. The van der Waals surface area contributed by atoms with Gasteiger partial charge in [0, 0.05) is 0 Å². The molecule has 0 spiro atoms. The van der Waals surface area contributed by atoms with E-state index >= 15 is 0 Å². The van der Waals surface area contributed by atoms with Gasteiger partial charge in [0.1, 0.15) is 0 Å². The average Bonchev–Trinajstić information content (AvgIpc) is 2.26. The summed E-state index contributed by atoms with van der Waals surface area (Å²) in [5.41, 5.74) is 0. The van der Waals surface area contributed by atoms with Crippen molar-refractivity contribution >= 4 is 9.84 Å². The molecule has 18 heavy (non-hydrogen) atoms. The zero-order valence-electron chi connectivity index (χ0n) is 11.5. The van der Waals surface area contributed by atoms with E-state index in [-0.39, 0.29) is 11.7 Å². The van der Waals surface area contributed by atoms with Crippen LogP contribution in [0.15, 0.2) is 0 Å². The molecule has 1 heterocycles. The van der Waals surface area contributed by atoms with Gasteiger partial charge < -0.3 is 5.11 Å². The Morgan fingerprint density at radius 1 is 1.06 bits per heavy atom. The van der Waals surface area contributed by atoms with Gasteiger partial charge in [0.25, 0.3) is 0 Å². The Labute approximate surface area is 111 Å². The van der Waals surface area contributed by atoms with Gasteiger partial charge in [-0.1, -0.05) is 20.3 Å². The van der Waals surface area contributed by atoms with Gasteiger partial charge in [-0.3, -0.25) is 0 Å². The molecule has 2 rings (SSSR count). The van der Waals surface area contributed by atoms with E-state index < -0.39 is 21.2 Å². The molecule has 4 heteroatoms. The maximum atomic E-state index is 12.1. The molecule has 106 valence electrons. The lowest BCUT2D eigenvalue weighted by molar-refractivity contribution is 0.0495. The van der Waals surface area contributed by atoms with E-state index in [4.69, 9.17) is 0 Å². The molecule has 0 aromatic heterocycles. The Balaban J connectivity index is 2.08. The van der Waals surface area contributed by atoms with Gasteiger partial charge in [-0.25, -0.2) is 8.42 Å². The Bertz CT molecular complexity index is 367. The van der Waals surface area contributed by atoms with Crippen LogP contribution in [0.4, 0.5) is 0 Å². The number of hydrogen-bond acceptors (Lipinski definition) is 3. The second kappa shape index (κ2) is 5.49. The lowest BCUT2D eigenvalue weighted by Gasteiger charge is -2.38.